The van der Waals surface area contributed by atoms with E-state index in [2.05, 4.69) is 42.3 Å². The third kappa shape index (κ3) is 31.7. The monoisotopic (exact) mass is 1220 g/mol. The summed E-state index contributed by atoms with van der Waals surface area (Å²) in [5.41, 5.74) is 0. The van der Waals surface area contributed by atoms with Crippen molar-refractivity contribution in [1.82, 2.24) is 0 Å². The first-order valence-corrected chi connectivity index (χ1v) is 32.3. The predicted octanol–water partition coefficient (Wildman–Crippen LogP) is 3.28. The van der Waals surface area contributed by atoms with Gasteiger partial charge in [-0.15, -0.1) is 0 Å². The molecule has 3 aliphatic heterocycles. The van der Waals surface area contributed by atoms with Crippen LogP contribution in [0.4, 0.5) is 0 Å². The summed E-state index contributed by atoms with van der Waals surface area (Å²) < 4.78 is 85.4. The van der Waals surface area contributed by atoms with Crippen LogP contribution in [0, 0.1) is 0 Å². The van der Waals surface area contributed by atoms with Gasteiger partial charge in [0.2, 0.25) is 10.4 Å². The predicted molar refractivity (Wildman–Crippen MR) is 301 cm³/mol. The van der Waals surface area contributed by atoms with Crippen molar-refractivity contribution in [2.45, 2.75) is 312 Å². The van der Waals surface area contributed by atoms with Gasteiger partial charge in [0.05, 0.1) is 25.9 Å². The Morgan fingerprint density at radius 3 is 1.40 bits per heavy atom. The van der Waals surface area contributed by atoms with Gasteiger partial charge in [0.1, 0.15) is 73.8 Å². The summed E-state index contributed by atoms with van der Waals surface area (Å²) in [5.74, 6) is -1.12. The maximum Gasteiger partial charge on any atom is 1.00 e. The van der Waals surface area contributed by atoms with Crippen LogP contribution < -0.4 is 29.6 Å². The Morgan fingerprint density at radius 1 is 0.494 bits per heavy atom. The van der Waals surface area contributed by atoms with E-state index < -0.39 is 147 Å². The molecule has 0 bridgehead atoms. The summed E-state index contributed by atoms with van der Waals surface area (Å²) in [6, 6.07) is 0. The summed E-state index contributed by atoms with van der Waals surface area (Å²) in [6.45, 7) is 2.85. The van der Waals surface area contributed by atoms with Crippen molar-refractivity contribution in [3.8, 4) is 0 Å². The number of carbonyl (C=O) groups excluding carboxylic acids is 2. The Morgan fingerprint density at radius 2 is 0.916 bits per heavy atom. The van der Waals surface area contributed by atoms with Gasteiger partial charge in [-0.25, -0.2) is 8.42 Å². The van der Waals surface area contributed by atoms with Gasteiger partial charge in [0.25, 0.3) is 0 Å². The number of unbranched alkanes of at least 4 members (excludes halogenated alkanes) is 24. The number of aliphatic hydroxyl groups is 8. The first-order chi connectivity index (χ1) is 39.5. The van der Waals surface area contributed by atoms with E-state index in [9.17, 15) is 63.4 Å². The maximum atomic E-state index is 13.3. The number of hydrogen-bond acceptors (Lipinski definition) is 22. The maximum absolute atomic E-state index is 13.3. The van der Waals surface area contributed by atoms with Crippen LogP contribution >= 0.6 is 0 Å². The van der Waals surface area contributed by atoms with E-state index in [0.29, 0.717) is 12.8 Å². The van der Waals surface area contributed by atoms with Gasteiger partial charge in [0, 0.05) is 12.8 Å². The minimum atomic E-state index is -5.58. The van der Waals surface area contributed by atoms with E-state index in [0.717, 1.165) is 89.9 Å². The Kier molecular flexibility index (Phi) is 43.0. The van der Waals surface area contributed by atoms with Crippen LogP contribution in [0.1, 0.15) is 213 Å². The van der Waals surface area contributed by atoms with E-state index in [1.54, 1.807) is 0 Å². The average molecular weight is 1220 g/mol. The standard InChI is InChI=1S/C59H106O22S.Na/c1-4-6-8-10-12-14-16-18-20-22-24-26-28-30-32-34-36-46(62)73-40-43(76-47(63)37-35-33-31-29-27-25-23-21-19-17-15-13-11-9-7-5-2)41-74-57-53(69)56(80-58-51(67)50(66)48(64)42(3)75-58)54(45(39-61)78-57)79-59-52(68)55(81-82(70,71)72)49(65)44(38-60)77-59;/h18-21,42-45,48-61,64-69H,4-17,22-41H2,1-3H3,(H,70,71,72);/q;+1/p-1/b20-18-,21-19-;/t42-,43?,44+,45+,48+,49-,50+,51-,52+,53+,54-,55-,56+,57+,58+,59-;/m0./s1. The molecule has 3 heterocycles. The second kappa shape index (κ2) is 45.9. The molecule has 480 valence electrons. The fraction of sp³-hybridized carbons (Fsp3) is 0.898. The minimum Gasteiger partial charge on any atom is -0.726 e. The number of aliphatic hydroxyl groups excluding tert-OH is 8. The van der Waals surface area contributed by atoms with Gasteiger partial charge in [-0.1, -0.05) is 154 Å². The Labute approximate surface area is 516 Å². The zero-order valence-electron chi connectivity index (χ0n) is 50.3. The Hall–Kier alpha value is -1.27. The fourth-order valence-corrected chi connectivity index (χ4v) is 10.7. The normalized spacial score (nSPS) is 29.0. The van der Waals surface area contributed by atoms with Crippen LogP contribution in [0.3, 0.4) is 0 Å². The van der Waals surface area contributed by atoms with Crippen LogP contribution in [0.25, 0.3) is 0 Å². The molecule has 0 aromatic heterocycles. The van der Waals surface area contributed by atoms with E-state index in [-0.39, 0.29) is 42.4 Å². The minimum absolute atomic E-state index is 0. The van der Waals surface area contributed by atoms with Crippen molar-refractivity contribution in [1.29, 1.82) is 0 Å². The summed E-state index contributed by atoms with van der Waals surface area (Å²) in [6.07, 6.45) is 11.0. The van der Waals surface area contributed by atoms with Crippen LogP contribution in [0.15, 0.2) is 24.3 Å². The molecule has 3 aliphatic rings. The number of carbonyl (C=O) groups is 2. The van der Waals surface area contributed by atoms with E-state index in [1.165, 1.54) is 84.0 Å². The second-order valence-corrected chi connectivity index (χ2v) is 23.3. The van der Waals surface area contributed by atoms with Crippen molar-refractivity contribution >= 4 is 22.3 Å². The molecule has 22 nitrogen and oxygen atoms in total. The zero-order chi connectivity index (χ0) is 60.1. The first-order valence-electron chi connectivity index (χ1n) is 30.9. The van der Waals surface area contributed by atoms with Crippen LogP contribution in [-0.2, 0) is 62.1 Å². The molecule has 0 aromatic rings. The molecule has 0 spiro atoms. The first kappa shape index (κ1) is 77.8. The summed E-state index contributed by atoms with van der Waals surface area (Å²) in [5, 5.41) is 86.2. The van der Waals surface area contributed by atoms with Crippen molar-refractivity contribution in [3.05, 3.63) is 24.3 Å². The van der Waals surface area contributed by atoms with Gasteiger partial charge < -0.3 is 83.3 Å². The van der Waals surface area contributed by atoms with E-state index in [1.807, 2.05) is 0 Å². The molecule has 3 saturated heterocycles. The topological polar surface area (TPSA) is 336 Å². The number of allylic oxidation sites excluding steroid dienone is 4. The van der Waals surface area contributed by atoms with Gasteiger partial charge >= 0.3 is 41.5 Å². The number of ether oxygens (including phenoxy) is 8. The molecule has 0 aliphatic carbocycles. The molecular formula is C59H105NaO22S. The van der Waals surface area contributed by atoms with Gasteiger partial charge in [0.15, 0.2) is 25.0 Å². The molecule has 0 aromatic carbocycles. The van der Waals surface area contributed by atoms with Crippen LogP contribution in [0.2, 0.25) is 0 Å². The quantitative estimate of drug-likeness (QED) is 0.0108. The van der Waals surface area contributed by atoms with Crippen molar-refractivity contribution in [2.75, 3.05) is 26.4 Å². The molecule has 3 fully saturated rings. The molecule has 0 radical (unpaired) electrons. The van der Waals surface area contributed by atoms with Gasteiger partial charge in [-0.2, -0.15) is 0 Å². The molecule has 0 saturated carbocycles. The SMILES string of the molecule is CCCCCCCC/C=C\CCCCCCCCC(=O)OCC(CO[C@@H]1O[C@H](CO)[C@H](O[C@@H]2O[C@H](CO)[C@H](O)[C@H](OS(=O)(=O)[O-])[C@H]2O)[C@H](O[C@H]2O[C@@H](C)[C@@H](O)[C@@H](O)[C@@H]2O)[C@H]1O)OC(=O)CCCCCCCC/C=C\CCCCCCCC.[Na+]. The van der Waals surface area contributed by atoms with Gasteiger partial charge in [-0.3, -0.25) is 13.8 Å². The molecule has 24 heteroatoms. The summed E-state index contributed by atoms with van der Waals surface area (Å²) >= 11 is 0. The molecular weight excluding hydrogens is 1120 g/mol. The third-order valence-electron chi connectivity index (χ3n) is 15.2. The number of rotatable bonds is 46. The molecule has 1 unspecified atom stereocenters. The molecule has 8 N–H and O–H groups in total. The molecule has 0 amide bonds. The Bertz CT molecular complexity index is 1830. The Balaban J connectivity index is 0.0000235. The molecule has 83 heavy (non-hydrogen) atoms. The van der Waals surface area contributed by atoms with Gasteiger partial charge in [-0.05, 0) is 71.1 Å². The third-order valence-corrected chi connectivity index (χ3v) is 15.7. The fourth-order valence-electron chi connectivity index (χ4n) is 10.2. The van der Waals surface area contributed by atoms with Crippen LogP contribution in [-0.4, -0.2) is 190 Å². The molecule has 16 atom stereocenters. The summed E-state index contributed by atoms with van der Waals surface area (Å²) in [7, 11) is -5.58. The number of hydrogen-bond donors (Lipinski definition) is 8. The van der Waals surface area contributed by atoms with Crippen LogP contribution in [0.5, 0.6) is 0 Å². The van der Waals surface area contributed by atoms with E-state index >= 15 is 0 Å². The summed E-state index contributed by atoms with van der Waals surface area (Å²) in [4.78, 5) is 26.4. The van der Waals surface area contributed by atoms with Crippen molar-refractivity contribution in [3.63, 3.8) is 0 Å². The largest absolute Gasteiger partial charge is 1.00 e. The van der Waals surface area contributed by atoms with Crippen molar-refractivity contribution in [2.24, 2.45) is 0 Å². The zero-order valence-corrected chi connectivity index (χ0v) is 53.1. The molecule has 3 rings (SSSR count). The average Bonchev–Trinajstić information content (AvgIpc) is 3.52. The number of esters is 2. The smallest absolute Gasteiger partial charge is 0.726 e. The van der Waals surface area contributed by atoms with E-state index in [4.69, 9.17) is 37.9 Å². The van der Waals surface area contributed by atoms with Crippen molar-refractivity contribution < 1.29 is 135 Å². The second-order valence-electron chi connectivity index (χ2n) is 22.3.